The number of nitrogens with zero attached hydrogens (tertiary/aromatic N) is 1. The van der Waals surface area contributed by atoms with E-state index < -0.39 is 0 Å². The summed E-state index contributed by atoms with van der Waals surface area (Å²) >= 11 is 0. The molecule has 1 nitrogen and oxygen atoms in total. The zero-order valence-electron chi connectivity index (χ0n) is 28.2. The van der Waals surface area contributed by atoms with Gasteiger partial charge in [0.1, 0.15) is 0 Å². The van der Waals surface area contributed by atoms with Crippen molar-refractivity contribution >= 4 is 60.2 Å². The Labute approximate surface area is 292 Å². The van der Waals surface area contributed by atoms with Gasteiger partial charge in [0.25, 0.3) is 0 Å². The first-order valence-corrected chi connectivity index (χ1v) is 17.5. The summed E-state index contributed by atoms with van der Waals surface area (Å²) in [6, 6.07) is 65.0. The molecule has 1 heteroatoms. The number of benzene rings is 9. The third-order valence-corrected chi connectivity index (χ3v) is 11.0. The molecular formula is C49H35N. The summed E-state index contributed by atoms with van der Waals surface area (Å²) in [5.41, 5.74) is 11.3. The fourth-order valence-electron chi connectivity index (χ4n) is 8.55. The Kier molecular flexibility index (Phi) is 6.29. The highest BCUT2D eigenvalue weighted by atomic mass is 15.1. The van der Waals surface area contributed by atoms with E-state index in [0.717, 1.165) is 11.4 Å². The standard InChI is InChI=1S/C49H35N/c1-49(2)46-21-10-9-18-42(46)43-29-27-36(30-47(43)49)50(35-25-22-34(23-26-35)38-20-11-14-32-12-3-5-15-37(32)38)48-31-45-39-16-6-4-13-33(39)24-28-41(45)40-17-7-8-19-44(40)48/h3-31H,1-2H3. The van der Waals surface area contributed by atoms with Crippen molar-refractivity contribution in [1.29, 1.82) is 0 Å². The van der Waals surface area contributed by atoms with E-state index in [2.05, 4.69) is 195 Å². The quantitative estimate of drug-likeness (QED) is 0.174. The van der Waals surface area contributed by atoms with Gasteiger partial charge in [-0.1, -0.05) is 159 Å². The van der Waals surface area contributed by atoms with Crippen LogP contribution in [0.2, 0.25) is 0 Å². The Hall–Kier alpha value is -6.18. The normalized spacial score (nSPS) is 13.2. The van der Waals surface area contributed by atoms with E-state index in [-0.39, 0.29) is 5.41 Å². The summed E-state index contributed by atoms with van der Waals surface area (Å²) in [4.78, 5) is 2.48. The second-order valence-electron chi connectivity index (χ2n) is 14.1. The molecule has 0 unspecified atom stereocenters. The Morgan fingerprint density at radius 3 is 1.76 bits per heavy atom. The van der Waals surface area contributed by atoms with Gasteiger partial charge in [-0.05, 0) is 101 Å². The molecule has 1 aliphatic rings. The molecule has 0 aromatic heterocycles. The summed E-state index contributed by atoms with van der Waals surface area (Å²) in [5, 5.41) is 10.1. The van der Waals surface area contributed by atoms with Gasteiger partial charge in [-0.2, -0.15) is 0 Å². The fourth-order valence-corrected chi connectivity index (χ4v) is 8.55. The van der Waals surface area contributed by atoms with Gasteiger partial charge >= 0.3 is 0 Å². The van der Waals surface area contributed by atoms with Gasteiger partial charge in [0.15, 0.2) is 0 Å². The van der Waals surface area contributed by atoms with Crippen molar-refractivity contribution in [2.75, 3.05) is 4.90 Å². The van der Waals surface area contributed by atoms with Crippen LogP contribution in [0, 0.1) is 0 Å². The number of rotatable bonds is 4. The average Bonchev–Trinajstić information content (AvgIpc) is 3.40. The number of fused-ring (bicyclic) bond motifs is 9. The van der Waals surface area contributed by atoms with E-state index in [0.29, 0.717) is 0 Å². The van der Waals surface area contributed by atoms with Gasteiger partial charge in [0, 0.05) is 22.2 Å². The lowest BCUT2D eigenvalue weighted by Crippen LogP contribution is -2.16. The molecule has 9 aromatic carbocycles. The van der Waals surface area contributed by atoms with Gasteiger partial charge in [0.05, 0.1) is 5.69 Å². The molecule has 50 heavy (non-hydrogen) atoms. The summed E-state index contributed by atoms with van der Waals surface area (Å²) in [6.45, 7) is 4.73. The average molecular weight is 638 g/mol. The van der Waals surface area contributed by atoms with Crippen LogP contribution in [-0.4, -0.2) is 0 Å². The molecule has 0 atom stereocenters. The van der Waals surface area contributed by atoms with E-state index in [1.165, 1.54) is 82.2 Å². The van der Waals surface area contributed by atoms with E-state index >= 15 is 0 Å². The first kappa shape index (κ1) is 28.8. The maximum absolute atomic E-state index is 2.48. The van der Waals surface area contributed by atoms with E-state index in [1.54, 1.807) is 0 Å². The molecule has 9 aromatic rings. The highest BCUT2D eigenvalue weighted by Crippen LogP contribution is 2.51. The molecule has 0 aliphatic heterocycles. The van der Waals surface area contributed by atoms with Crippen LogP contribution in [0.3, 0.4) is 0 Å². The monoisotopic (exact) mass is 637 g/mol. The van der Waals surface area contributed by atoms with Gasteiger partial charge < -0.3 is 4.90 Å². The minimum Gasteiger partial charge on any atom is -0.310 e. The molecule has 0 bridgehead atoms. The fraction of sp³-hybridized carbons (Fsp3) is 0.0612. The summed E-state index contributed by atoms with van der Waals surface area (Å²) in [5.74, 6) is 0. The number of hydrogen-bond donors (Lipinski definition) is 0. The summed E-state index contributed by atoms with van der Waals surface area (Å²) < 4.78 is 0. The molecule has 0 heterocycles. The van der Waals surface area contributed by atoms with Crippen LogP contribution in [-0.2, 0) is 5.41 Å². The van der Waals surface area contributed by atoms with Crippen molar-refractivity contribution in [1.82, 2.24) is 0 Å². The van der Waals surface area contributed by atoms with Crippen molar-refractivity contribution in [3.05, 3.63) is 187 Å². The van der Waals surface area contributed by atoms with E-state index in [4.69, 9.17) is 0 Å². The Morgan fingerprint density at radius 2 is 0.940 bits per heavy atom. The van der Waals surface area contributed by atoms with E-state index in [1.807, 2.05) is 0 Å². The van der Waals surface area contributed by atoms with Crippen LogP contribution < -0.4 is 4.90 Å². The molecule has 0 saturated heterocycles. The molecule has 0 radical (unpaired) electrons. The molecular weight excluding hydrogens is 603 g/mol. The Morgan fingerprint density at radius 1 is 0.360 bits per heavy atom. The highest BCUT2D eigenvalue weighted by Gasteiger charge is 2.35. The summed E-state index contributed by atoms with van der Waals surface area (Å²) in [7, 11) is 0. The van der Waals surface area contributed by atoms with E-state index in [9.17, 15) is 0 Å². The van der Waals surface area contributed by atoms with Crippen LogP contribution >= 0.6 is 0 Å². The second kappa shape index (κ2) is 10.9. The van der Waals surface area contributed by atoms with Crippen LogP contribution in [0.5, 0.6) is 0 Å². The van der Waals surface area contributed by atoms with Crippen molar-refractivity contribution in [2.24, 2.45) is 0 Å². The first-order valence-electron chi connectivity index (χ1n) is 17.5. The summed E-state index contributed by atoms with van der Waals surface area (Å²) in [6.07, 6.45) is 0. The lowest BCUT2D eigenvalue weighted by atomic mass is 9.82. The zero-order valence-corrected chi connectivity index (χ0v) is 28.2. The van der Waals surface area contributed by atoms with Crippen LogP contribution in [0.1, 0.15) is 25.0 Å². The molecule has 0 N–H and O–H groups in total. The zero-order chi connectivity index (χ0) is 33.4. The largest absolute Gasteiger partial charge is 0.310 e. The first-order chi connectivity index (χ1) is 24.6. The molecule has 0 saturated carbocycles. The van der Waals surface area contributed by atoms with Crippen molar-refractivity contribution in [3.8, 4) is 22.3 Å². The van der Waals surface area contributed by atoms with Gasteiger partial charge in [-0.25, -0.2) is 0 Å². The number of anilines is 3. The molecule has 10 rings (SSSR count). The minimum absolute atomic E-state index is 0.104. The molecule has 0 amide bonds. The molecule has 0 fully saturated rings. The van der Waals surface area contributed by atoms with Crippen molar-refractivity contribution in [3.63, 3.8) is 0 Å². The highest BCUT2D eigenvalue weighted by molar-refractivity contribution is 6.21. The van der Waals surface area contributed by atoms with Gasteiger partial charge in [-0.3, -0.25) is 0 Å². The number of hydrogen-bond acceptors (Lipinski definition) is 1. The van der Waals surface area contributed by atoms with Gasteiger partial charge in [-0.15, -0.1) is 0 Å². The molecule has 0 spiro atoms. The third-order valence-electron chi connectivity index (χ3n) is 11.0. The Bertz CT molecular complexity index is 2780. The lowest BCUT2D eigenvalue weighted by molar-refractivity contribution is 0.660. The predicted molar refractivity (Wildman–Crippen MR) is 214 cm³/mol. The van der Waals surface area contributed by atoms with Gasteiger partial charge in [0.2, 0.25) is 0 Å². The smallest absolute Gasteiger partial charge is 0.0546 e. The topological polar surface area (TPSA) is 3.24 Å². The SMILES string of the molecule is CC1(C)c2ccccc2-c2ccc(N(c3ccc(-c4cccc5ccccc45)cc3)c3cc4c5ccccc5ccc4c4ccccc34)cc21. The molecule has 1 aliphatic carbocycles. The van der Waals surface area contributed by atoms with Crippen LogP contribution in [0.15, 0.2) is 176 Å². The van der Waals surface area contributed by atoms with Crippen LogP contribution in [0.4, 0.5) is 17.1 Å². The van der Waals surface area contributed by atoms with Crippen molar-refractivity contribution in [2.45, 2.75) is 19.3 Å². The maximum Gasteiger partial charge on any atom is 0.0546 e. The predicted octanol–water partition coefficient (Wildman–Crippen LogP) is 13.7. The van der Waals surface area contributed by atoms with Crippen molar-refractivity contribution < 1.29 is 0 Å². The lowest BCUT2D eigenvalue weighted by Gasteiger charge is -2.30. The maximum atomic E-state index is 2.48. The third kappa shape index (κ3) is 4.27. The van der Waals surface area contributed by atoms with Crippen LogP contribution in [0.25, 0.3) is 65.3 Å². The minimum atomic E-state index is -0.104. The second-order valence-corrected chi connectivity index (χ2v) is 14.1. The molecule has 236 valence electrons. The Balaban J connectivity index is 1.23.